The van der Waals surface area contributed by atoms with Gasteiger partial charge >= 0.3 is 6.18 Å². The lowest BCUT2D eigenvalue weighted by Crippen LogP contribution is -2.49. The highest BCUT2D eigenvalue weighted by Crippen LogP contribution is 2.39. The molecule has 1 fully saturated rings. The fraction of sp³-hybridized carbons (Fsp3) is 0.455. The third-order valence-corrected chi connectivity index (χ3v) is 5.44. The summed E-state index contributed by atoms with van der Waals surface area (Å²) in [6, 6.07) is 13.2. The summed E-state index contributed by atoms with van der Waals surface area (Å²) in [6.45, 7) is 7.85. The number of nitrogens with one attached hydrogen (secondary N) is 1. The van der Waals surface area contributed by atoms with Crippen molar-refractivity contribution in [2.75, 3.05) is 32.8 Å². The Labute approximate surface area is 176 Å². The van der Waals surface area contributed by atoms with Crippen molar-refractivity contribution in [3.8, 4) is 11.1 Å². The zero-order valence-electron chi connectivity index (χ0n) is 16.7. The van der Waals surface area contributed by atoms with Crippen LogP contribution in [0, 0.1) is 5.41 Å². The van der Waals surface area contributed by atoms with E-state index in [1.807, 2.05) is 24.3 Å². The smallest absolute Gasteiger partial charge is 0.396 e. The Morgan fingerprint density at radius 2 is 1.41 bits per heavy atom. The van der Waals surface area contributed by atoms with E-state index in [0.29, 0.717) is 0 Å². The van der Waals surface area contributed by atoms with E-state index < -0.39 is 11.7 Å². The molecule has 0 aromatic heterocycles. The molecule has 29 heavy (non-hydrogen) atoms. The molecule has 0 amide bonds. The fourth-order valence-corrected chi connectivity index (χ4v) is 3.89. The average Bonchev–Trinajstić information content (AvgIpc) is 2.69. The van der Waals surface area contributed by atoms with Crippen molar-refractivity contribution >= 4 is 12.4 Å². The number of halogens is 4. The molecule has 1 atom stereocenters. The second-order valence-electron chi connectivity index (χ2n) is 8.03. The quantitative estimate of drug-likeness (QED) is 0.720. The van der Waals surface area contributed by atoms with Gasteiger partial charge in [0.2, 0.25) is 0 Å². The topological polar surface area (TPSA) is 35.5 Å². The van der Waals surface area contributed by atoms with Crippen LogP contribution < -0.4 is 5.32 Å². The number of rotatable bonds is 5. The summed E-state index contributed by atoms with van der Waals surface area (Å²) in [6.07, 6.45) is -4.32. The van der Waals surface area contributed by atoms with Crippen LogP contribution >= 0.6 is 12.4 Å². The summed E-state index contributed by atoms with van der Waals surface area (Å²) in [5.41, 5.74) is 1.78. The average molecular weight is 429 g/mol. The van der Waals surface area contributed by atoms with Gasteiger partial charge in [0, 0.05) is 44.2 Å². The summed E-state index contributed by atoms with van der Waals surface area (Å²) in [4.78, 5) is 2.39. The Morgan fingerprint density at radius 3 is 1.86 bits per heavy atom. The van der Waals surface area contributed by atoms with Gasteiger partial charge in [0.25, 0.3) is 0 Å². The van der Waals surface area contributed by atoms with E-state index in [1.54, 1.807) is 0 Å². The number of hydrogen-bond donors (Lipinski definition) is 2. The first kappa shape index (κ1) is 23.7. The molecular weight excluding hydrogens is 401 g/mol. The lowest BCUT2D eigenvalue weighted by atomic mass is 9.79. The summed E-state index contributed by atoms with van der Waals surface area (Å²) in [5.74, 6) is 0. The monoisotopic (exact) mass is 428 g/mol. The zero-order valence-corrected chi connectivity index (χ0v) is 17.5. The van der Waals surface area contributed by atoms with Crippen molar-refractivity contribution in [2.45, 2.75) is 26.1 Å². The molecular formula is C22H28ClF3N2O. The predicted octanol–water partition coefficient (Wildman–Crippen LogP) is 4.76. The Morgan fingerprint density at radius 1 is 0.931 bits per heavy atom. The molecule has 2 aromatic carbocycles. The molecule has 0 saturated carbocycles. The number of aliphatic hydroxyl groups is 1. The second-order valence-corrected chi connectivity index (χ2v) is 8.03. The van der Waals surface area contributed by atoms with Gasteiger partial charge in [-0.2, -0.15) is 13.2 Å². The van der Waals surface area contributed by atoms with Crippen LogP contribution in [0.1, 0.15) is 31.0 Å². The van der Waals surface area contributed by atoms with Crippen molar-refractivity contribution in [3.63, 3.8) is 0 Å². The number of aliphatic hydroxyl groups excluding tert-OH is 1. The molecule has 3 rings (SSSR count). The molecule has 7 heteroatoms. The van der Waals surface area contributed by atoms with Gasteiger partial charge in [0.15, 0.2) is 0 Å². The van der Waals surface area contributed by atoms with E-state index in [2.05, 4.69) is 24.1 Å². The Bertz CT molecular complexity index is 770. The minimum atomic E-state index is -4.32. The third kappa shape index (κ3) is 5.51. The van der Waals surface area contributed by atoms with Crippen LogP contribution in [0.3, 0.4) is 0 Å². The molecule has 0 radical (unpaired) electrons. The summed E-state index contributed by atoms with van der Waals surface area (Å²) >= 11 is 0. The number of benzene rings is 2. The maximum atomic E-state index is 12.8. The van der Waals surface area contributed by atoms with Crippen LogP contribution in [0.5, 0.6) is 0 Å². The van der Waals surface area contributed by atoms with Gasteiger partial charge in [0.1, 0.15) is 0 Å². The summed E-state index contributed by atoms with van der Waals surface area (Å²) in [7, 11) is 0. The third-order valence-electron chi connectivity index (χ3n) is 5.44. The zero-order chi connectivity index (χ0) is 20.4. The Hall–Kier alpha value is -1.60. The largest absolute Gasteiger partial charge is 0.416 e. The molecule has 2 aromatic rings. The van der Waals surface area contributed by atoms with Gasteiger partial charge in [0.05, 0.1) is 5.56 Å². The van der Waals surface area contributed by atoms with Crippen molar-refractivity contribution in [3.05, 3.63) is 59.7 Å². The second kappa shape index (κ2) is 9.47. The minimum absolute atomic E-state index is 0. The standard InChI is InChI=1S/C22H27F3N2O.ClH/c1-21(2,15-28)20(27-13-11-26-12-14-27)18-5-3-16(4-6-18)17-7-9-19(10-8-17)22(23,24)25;/h3-10,20,26,28H,11-15H2,1-2H3;1H/t20-;/m1./s1. The maximum Gasteiger partial charge on any atom is 0.416 e. The maximum absolute atomic E-state index is 12.8. The molecule has 1 aliphatic rings. The summed E-state index contributed by atoms with van der Waals surface area (Å²) in [5, 5.41) is 13.3. The van der Waals surface area contributed by atoms with Crippen molar-refractivity contribution in [1.82, 2.24) is 10.2 Å². The molecule has 3 nitrogen and oxygen atoms in total. The number of piperazine rings is 1. The van der Waals surface area contributed by atoms with E-state index in [4.69, 9.17) is 0 Å². The van der Waals surface area contributed by atoms with E-state index in [-0.39, 0.29) is 30.5 Å². The normalized spacial score (nSPS) is 16.9. The summed E-state index contributed by atoms with van der Waals surface area (Å²) < 4.78 is 38.3. The Balaban J connectivity index is 0.00000300. The van der Waals surface area contributed by atoms with Crippen molar-refractivity contribution in [1.29, 1.82) is 0 Å². The van der Waals surface area contributed by atoms with Crippen molar-refractivity contribution in [2.24, 2.45) is 5.41 Å². The van der Waals surface area contributed by atoms with Crippen LogP contribution in [0.15, 0.2) is 48.5 Å². The van der Waals surface area contributed by atoms with Crippen molar-refractivity contribution < 1.29 is 18.3 Å². The number of alkyl halides is 3. The lowest BCUT2D eigenvalue weighted by Gasteiger charge is -2.43. The minimum Gasteiger partial charge on any atom is -0.396 e. The van der Waals surface area contributed by atoms with Gasteiger partial charge < -0.3 is 10.4 Å². The molecule has 160 valence electrons. The highest BCUT2D eigenvalue weighted by atomic mass is 35.5. The van der Waals surface area contributed by atoms with Crippen LogP contribution in [-0.4, -0.2) is 42.8 Å². The van der Waals surface area contributed by atoms with Crippen LogP contribution in [0.4, 0.5) is 13.2 Å². The van der Waals surface area contributed by atoms with E-state index in [0.717, 1.165) is 55.0 Å². The van der Waals surface area contributed by atoms with Crippen LogP contribution in [0.2, 0.25) is 0 Å². The van der Waals surface area contributed by atoms with Gasteiger partial charge in [-0.25, -0.2) is 0 Å². The molecule has 1 heterocycles. The van der Waals surface area contributed by atoms with Crippen LogP contribution in [-0.2, 0) is 6.18 Å². The molecule has 1 aliphatic heterocycles. The number of hydrogen-bond acceptors (Lipinski definition) is 3. The van der Waals surface area contributed by atoms with Gasteiger partial charge in [-0.15, -0.1) is 12.4 Å². The molecule has 0 bridgehead atoms. The SMILES string of the molecule is CC(C)(CO)[C@@H](c1ccc(-c2ccc(C(F)(F)F)cc2)cc1)N1CCNCC1.Cl. The molecule has 1 saturated heterocycles. The highest BCUT2D eigenvalue weighted by molar-refractivity contribution is 5.85. The lowest BCUT2D eigenvalue weighted by molar-refractivity contribution is -0.137. The highest BCUT2D eigenvalue weighted by Gasteiger charge is 2.35. The fourth-order valence-electron chi connectivity index (χ4n) is 3.89. The first-order valence-corrected chi connectivity index (χ1v) is 9.55. The van der Waals surface area contributed by atoms with Gasteiger partial charge in [-0.3, -0.25) is 4.90 Å². The molecule has 0 unspecified atom stereocenters. The van der Waals surface area contributed by atoms with Gasteiger partial charge in [-0.1, -0.05) is 50.2 Å². The molecule has 0 aliphatic carbocycles. The van der Waals surface area contributed by atoms with E-state index in [1.165, 1.54) is 12.1 Å². The first-order chi connectivity index (χ1) is 13.2. The molecule has 0 spiro atoms. The Kier molecular flexibility index (Phi) is 7.74. The molecule has 2 N–H and O–H groups in total. The van der Waals surface area contributed by atoms with Crippen LogP contribution in [0.25, 0.3) is 11.1 Å². The predicted molar refractivity (Wildman–Crippen MR) is 112 cm³/mol. The number of nitrogens with zero attached hydrogens (tertiary/aromatic N) is 1. The van der Waals surface area contributed by atoms with E-state index in [9.17, 15) is 18.3 Å². The van der Waals surface area contributed by atoms with E-state index >= 15 is 0 Å². The first-order valence-electron chi connectivity index (χ1n) is 9.55. The van der Waals surface area contributed by atoms with Gasteiger partial charge in [-0.05, 0) is 28.8 Å².